The van der Waals surface area contributed by atoms with Crippen molar-refractivity contribution >= 4 is 17.7 Å². The van der Waals surface area contributed by atoms with E-state index in [0.717, 1.165) is 43.5 Å². The van der Waals surface area contributed by atoms with Gasteiger partial charge >= 0.3 is 0 Å². The molecule has 1 aliphatic carbocycles. The molecule has 32 heavy (non-hydrogen) atoms. The Labute approximate surface area is 190 Å². The first-order chi connectivity index (χ1) is 15.6. The van der Waals surface area contributed by atoms with Crippen LogP contribution >= 0.6 is 0 Å². The molecule has 0 atom stereocenters. The Morgan fingerprint density at radius 3 is 2.50 bits per heavy atom. The van der Waals surface area contributed by atoms with Crippen LogP contribution in [0.5, 0.6) is 5.75 Å². The number of nitrogens with two attached hydrogens (primary N) is 1. The molecule has 2 fully saturated rings. The van der Waals surface area contributed by atoms with Gasteiger partial charge in [0.2, 0.25) is 5.95 Å². The van der Waals surface area contributed by atoms with E-state index in [9.17, 15) is 4.79 Å². The highest BCUT2D eigenvalue weighted by molar-refractivity contribution is 5.98. The van der Waals surface area contributed by atoms with Crippen LogP contribution in [-0.4, -0.2) is 59.6 Å². The molecule has 8 nitrogen and oxygen atoms in total. The fourth-order valence-electron chi connectivity index (χ4n) is 4.59. The number of piperazine rings is 1. The maximum atomic E-state index is 12.6. The smallest absolute Gasteiger partial charge is 0.256 e. The number of carbonyl (C=O) groups excluding carboxylic acids is 1. The summed E-state index contributed by atoms with van der Waals surface area (Å²) in [4.78, 5) is 26.3. The molecule has 1 aromatic heterocycles. The molecule has 0 radical (unpaired) electrons. The van der Waals surface area contributed by atoms with Gasteiger partial charge in [-0.25, -0.2) is 4.98 Å². The molecule has 1 saturated carbocycles. The van der Waals surface area contributed by atoms with Gasteiger partial charge in [-0.3, -0.25) is 9.69 Å². The summed E-state index contributed by atoms with van der Waals surface area (Å²) in [6, 6.07) is 8.39. The third-order valence-electron chi connectivity index (χ3n) is 6.43. The topological polar surface area (TPSA) is 96.6 Å². The van der Waals surface area contributed by atoms with Crippen molar-refractivity contribution < 1.29 is 9.53 Å². The Hall–Kier alpha value is -2.87. The Morgan fingerprint density at radius 2 is 1.84 bits per heavy atom. The van der Waals surface area contributed by atoms with Crippen molar-refractivity contribution in [1.82, 2.24) is 20.2 Å². The summed E-state index contributed by atoms with van der Waals surface area (Å²) in [6.45, 7) is 6.80. The van der Waals surface area contributed by atoms with Gasteiger partial charge in [0, 0.05) is 45.0 Å². The predicted molar refractivity (Wildman–Crippen MR) is 126 cm³/mol. The molecular weight excluding hydrogens is 404 g/mol. The van der Waals surface area contributed by atoms with Crippen LogP contribution in [0.4, 0.5) is 11.8 Å². The minimum Gasteiger partial charge on any atom is -0.494 e. The van der Waals surface area contributed by atoms with Crippen LogP contribution in [0.2, 0.25) is 0 Å². The lowest BCUT2D eigenvalue weighted by Crippen LogP contribution is -2.51. The number of nitrogen functional groups attached to an aromatic ring is 1. The van der Waals surface area contributed by atoms with Crippen LogP contribution in [0.3, 0.4) is 0 Å². The van der Waals surface area contributed by atoms with Gasteiger partial charge in [0.25, 0.3) is 5.91 Å². The van der Waals surface area contributed by atoms with Crippen LogP contribution < -0.4 is 20.7 Å². The van der Waals surface area contributed by atoms with Crippen LogP contribution in [0.1, 0.15) is 54.9 Å². The highest BCUT2D eigenvalue weighted by atomic mass is 16.5. The van der Waals surface area contributed by atoms with Crippen molar-refractivity contribution in [2.75, 3.05) is 43.4 Å². The quantitative estimate of drug-likeness (QED) is 0.686. The summed E-state index contributed by atoms with van der Waals surface area (Å²) in [7, 11) is 0. The van der Waals surface area contributed by atoms with Crippen LogP contribution in [0, 0.1) is 0 Å². The fraction of sp³-hybridized carbons (Fsp3) is 0.542. The molecule has 0 spiro atoms. The lowest BCUT2D eigenvalue weighted by molar-refractivity contribution is 0.0951. The third-order valence-corrected chi connectivity index (χ3v) is 6.43. The molecule has 1 amide bonds. The van der Waals surface area contributed by atoms with Crippen LogP contribution in [0.15, 0.2) is 30.5 Å². The number of aromatic nitrogens is 2. The minimum absolute atomic E-state index is 0.217. The van der Waals surface area contributed by atoms with Gasteiger partial charge in [-0.1, -0.05) is 31.4 Å². The first kappa shape index (κ1) is 22.3. The van der Waals surface area contributed by atoms with E-state index in [0.29, 0.717) is 24.7 Å². The maximum absolute atomic E-state index is 12.6. The molecule has 0 unspecified atom stereocenters. The lowest BCUT2D eigenvalue weighted by Gasteiger charge is -2.40. The molecular formula is C24H34N6O2. The number of rotatable bonds is 7. The second-order valence-electron chi connectivity index (χ2n) is 8.54. The number of nitrogens with one attached hydrogen (secondary N) is 1. The zero-order chi connectivity index (χ0) is 22.3. The average Bonchev–Trinajstić information content (AvgIpc) is 2.84. The molecule has 4 rings (SSSR count). The molecule has 2 aliphatic rings. The summed E-state index contributed by atoms with van der Waals surface area (Å²) in [5.41, 5.74) is 7.42. The summed E-state index contributed by atoms with van der Waals surface area (Å²) in [5.74, 6) is 1.36. The van der Waals surface area contributed by atoms with E-state index in [1.807, 2.05) is 31.2 Å². The Balaban J connectivity index is 1.30. The number of amides is 1. The Bertz CT molecular complexity index is 890. The standard InChI is InChI=1S/C24H34N6O2/c1-2-32-20-10-8-18(9-11-20)16-26-23(31)21-17-27-24(28-22(21)25)30-14-12-29(13-15-30)19-6-4-3-5-7-19/h8-11,17,19H,2-7,12-16H2,1H3,(H,26,31)(H2,25,27,28). The molecule has 2 heterocycles. The second-order valence-corrected chi connectivity index (χ2v) is 8.54. The van der Waals surface area contributed by atoms with E-state index in [1.54, 1.807) is 6.20 Å². The lowest BCUT2D eigenvalue weighted by atomic mass is 9.94. The average molecular weight is 439 g/mol. The summed E-state index contributed by atoms with van der Waals surface area (Å²) in [5, 5.41) is 2.89. The molecule has 2 aromatic rings. The van der Waals surface area contributed by atoms with Gasteiger partial charge < -0.3 is 20.7 Å². The van der Waals surface area contributed by atoms with Crippen molar-refractivity contribution in [3.63, 3.8) is 0 Å². The number of ether oxygens (including phenoxy) is 1. The van der Waals surface area contributed by atoms with E-state index in [4.69, 9.17) is 10.5 Å². The summed E-state index contributed by atoms with van der Waals surface area (Å²) >= 11 is 0. The first-order valence-corrected chi connectivity index (χ1v) is 11.8. The van der Waals surface area contributed by atoms with E-state index < -0.39 is 0 Å². The fourth-order valence-corrected chi connectivity index (χ4v) is 4.59. The largest absolute Gasteiger partial charge is 0.494 e. The van der Waals surface area contributed by atoms with E-state index in [1.165, 1.54) is 32.1 Å². The predicted octanol–water partition coefficient (Wildman–Crippen LogP) is 2.84. The highest BCUT2D eigenvalue weighted by Gasteiger charge is 2.26. The van der Waals surface area contributed by atoms with E-state index in [2.05, 4.69) is 25.1 Å². The van der Waals surface area contributed by atoms with Gasteiger partial charge in [-0.2, -0.15) is 4.98 Å². The number of carbonyl (C=O) groups is 1. The van der Waals surface area contributed by atoms with Gasteiger partial charge in [0.15, 0.2) is 0 Å². The minimum atomic E-state index is -0.273. The monoisotopic (exact) mass is 438 g/mol. The number of nitrogens with zero attached hydrogens (tertiary/aromatic N) is 4. The molecule has 8 heteroatoms. The van der Waals surface area contributed by atoms with E-state index in [-0.39, 0.29) is 11.7 Å². The molecule has 172 valence electrons. The highest BCUT2D eigenvalue weighted by Crippen LogP contribution is 2.24. The summed E-state index contributed by atoms with van der Waals surface area (Å²) in [6.07, 6.45) is 8.27. The normalized spacial score (nSPS) is 17.8. The SMILES string of the molecule is CCOc1ccc(CNC(=O)c2cnc(N3CCN(C4CCCCC4)CC3)nc2N)cc1. The zero-order valence-corrected chi connectivity index (χ0v) is 18.9. The molecule has 1 saturated heterocycles. The Kier molecular flexibility index (Phi) is 7.42. The molecule has 3 N–H and O–H groups in total. The van der Waals surface area contributed by atoms with Crippen LogP contribution in [-0.2, 0) is 6.54 Å². The van der Waals surface area contributed by atoms with Gasteiger partial charge in [0.05, 0.1) is 12.2 Å². The van der Waals surface area contributed by atoms with Gasteiger partial charge in [-0.15, -0.1) is 0 Å². The van der Waals surface area contributed by atoms with Crippen molar-refractivity contribution in [3.8, 4) is 5.75 Å². The first-order valence-electron chi connectivity index (χ1n) is 11.8. The van der Waals surface area contributed by atoms with Crippen molar-refractivity contribution in [2.45, 2.75) is 51.6 Å². The Morgan fingerprint density at radius 1 is 1.12 bits per heavy atom. The number of hydrogen-bond acceptors (Lipinski definition) is 7. The van der Waals surface area contributed by atoms with E-state index >= 15 is 0 Å². The second kappa shape index (κ2) is 10.6. The van der Waals surface area contributed by atoms with Crippen LogP contribution in [0.25, 0.3) is 0 Å². The zero-order valence-electron chi connectivity index (χ0n) is 18.9. The van der Waals surface area contributed by atoms with Gasteiger partial charge in [-0.05, 0) is 37.5 Å². The molecule has 1 aliphatic heterocycles. The number of benzene rings is 1. The van der Waals surface area contributed by atoms with Crippen molar-refractivity contribution in [2.24, 2.45) is 0 Å². The van der Waals surface area contributed by atoms with Crippen molar-refractivity contribution in [3.05, 3.63) is 41.6 Å². The molecule has 1 aromatic carbocycles. The third kappa shape index (κ3) is 5.48. The number of hydrogen-bond donors (Lipinski definition) is 2. The number of anilines is 2. The summed E-state index contributed by atoms with van der Waals surface area (Å²) < 4.78 is 5.44. The maximum Gasteiger partial charge on any atom is 0.256 e. The molecule has 0 bridgehead atoms. The van der Waals surface area contributed by atoms with Crippen molar-refractivity contribution in [1.29, 1.82) is 0 Å². The van der Waals surface area contributed by atoms with Gasteiger partial charge in [0.1, 0.15) is 11.6 Å².